The monoisotopic (exact) mass is 344 g/mol. The summed E-state index contributed by atoms with van der Waals surface area (Å²) in [4.78, 5) is 21.0. The van der Waals surface area contributed by atoms with Gasteiger partial charge in [0.1, 0.15) is 0 Å². The van der Waals surface area contributed by atoms with Gasteiger partial charge in [-0.15, -0.1) is 0 Å². The van der Waals surface area contributed by atoms with E-state index in [0.29, 0.717) is 30.9 Å². The van der Waals surface area contributed by atoms with Gasteiger partial charge >= 0.3 is 5.97 Å². The first-order chi connectivity index (χ1) is 11.7. The fourth-order valence-electron chi connectivity index (χ4n) is 2.14. The summed E-state index contributed by atoms with van der Waals surface area (Å²) in [7, 11) is 0. The van der Waals surface area contributed by atoms with Gasteiger partial charge in [0.25, 0.3) is 0 Å². The second-order valence-corrected chi connectivity index (χ2v) is 5.11. The molecule has 25 heavy (non-hydrogen) atoms. The van der Waals surface area contributed by atoms with Crippen LogP contribution in [0.25, 0.3) is 0 Å². The maximum atomic E-state index is 11.4. The van der Waals surface area contributed by atoms with Crippen molar-refractivity contribution < 1.29 is 19.5 Å². The number of benzene rings is 1. The average Bonchev–Trinajstić information content (AvgIpc) is 3.10. The summed E-state index contributed by atoms with van der Waals surface area (Å²) in [5.41, 5.74) is 1.85. The predicted molar refractivity (Wildman–Crippen MR) is 99.2 cm³/mol. The Morgan fingerprint density at radius 3 is 2.56 bits per heavy atom. The third-order valence-electron chi connectivity index (χ3n) is 3.39. The molecule has 1 N–H and O–H groups in total. The van der Waals surface area contributed by atoms with Crippen molar-refractivity contribution in [3.63, 3.8) is 0 Å². The van der Waals surface area contributed by atoms with Crippen LogP contribution < -0.4 is 0 Å². The number of rotatable bonds is 7. The van der Waals surface area contributed by atoms with Crippen molar-refractivity contribution in [3.8, 4) is 0 Å². The summed E-state index contributed by atoms with van der Waals surface area (Å²) in [6.07, 6.45) is 5.65. The second kappa shape index (κ2) is 10.2. The highest BCUT2D eigenvalue weighted by Gasteiger charge is 2.19. The Kier molecular flexibility index (Phi) is 8.29. The molecule has 134 valence electrons. The number of hydrogen-bond acceptors (Lipinski definition) is 5. The van der Waals surface area contributed by atoms with Crippen LogP contribution in [0.2, 0.25) is 0 Å². The summed E-state index contributed by atoms with van der Waals surface area (Å²) in [6.45, 7) is 6.64. The van der Waals surface area contributed by atoms with Gasteiger partial charge in [0.15, 0.2) is 11.8 Å². The van der Waals surface area contributed by atoms with Crippen LogP contribution >= 0.6 is 0 Å². The molecule has 1 aromatic rings. The lowest BCUT2D eigenvalue weighted by molar-refractivity contribution is -0.129. The van der Waals surface area contributed by atoms with Crippen molar-refractivity contribution >= 4 is 17.4 Å². The van der Waals surface area contributed by atoms with Gasteiger partial charge in [-0.25, -0.2) is 4.79 Å². The Bertz CT molecular complexity index is 669. The number of carboxylic acids is 1. The molecule has 0 aromatic heterocycles. The van der Waals surface area contributed by atoms with Gasteiger partial charge < -0.3 is 14.7 Å². The van der Waals surface area contributed by atoms with Gasteiger partial charge in [0.05, 0.1) is 18.9 Å². The lowest BCUT2D eigenvalue weighted by Crippen LogP contribution is -2.18. The number of nitrogens with zero attached hydrogens (tertiary/aromatic N) is 2. The molecular formula is C19H24N2O4. The van der Waals surface area contributed by atoms with E-state index in [1.165, 1.54) is 0 Å². The van der Waals surface area contributed by atoms with E-state index >= 15 is 0 Å². The number of hydrogen-bond donors (Lipinski definition) is 1. The van der Waals surface area contributed by atoms with Crippen LogP contribution in [0.5, 0.6) is 0 Å². The fraction of sp³-hybridized carbons (Fsp3) is 0.316. The first-order valence-electron chi connectivity index (χ1n) is 7.62. The standard InChI is InChI=1S/C18H20N2O4.CH4/c1-3-10-19-16(4-2)13-5-7-14(8-6-13)17(18(21)22)20-24-15-9-11-23-12-15;/h3-8,10,15H,2,9,11-12H2,1H3,(H,21,22);1H4/b10-3-,19-16?,20-17+;/t15-;/m1./s1. The molecule has 0 unspecified atom stereocenters. The minimum Gasteiger partial charge on any atom is -0.476 e. The van der Waals surface area contributed by atoms with Crippen LogP contribution in [-0.4, -0.2) is 41.8 Å². The molecule has 1 aliphatic heterocycles. The molecule has 0 bridgehead atoms. The molecule has 1 aliphatic rings. The lowest BCUT2D eigenvalue weighted by Gasteiger charge is -2.08. The molecule has 6 heteroatoms. The molecule has 0 radical (unpaired) electrons. The molecule has 0 saturated carbocycles. The molecular weight excluding hydrogens is 320 g/mol. The third-order valence-corrected chi connectivity index (χ3v) is 3.39. The maximum Gasteiger partial charge on any atom is 0.358 e. The molecule has 0 spiro atoms. The van der Waals surface area contributed by atoms with E-state index in [9.17, 15) is 9.90 Å². The Labute approximate surface area is 148 Å². The SMILES string of the molecule is C.C=CC(=N/C=C\C)c1ccc(/C(=N\O[C@@H]2CCOC2)C(=O)O)cc1. The zero-order valence-electron chi connectivity index (χ0n) is 13.5. The Morgan fingerprint density at radius 1 is 1.36 bits per heavy atom. The molecule has 0 amide bonds. The normalized spacial score (nSPS) is 18.0. The largest absolute Gasteiger partial charge is 0.476 e. The van der Waals surface area contributed by atoms with Gasteiger partial charge in [-0.2, -0.15) is 0 Å². The summed E-state index contributed by atoms with van der Waals surface area (Å²) >= 11 is 0. The van der Waals surface area contributed by atoms with Crippen molar-refractivity contribution in [3.05, 3.63) is 60.3 Å². The quantitative estimate of drug-likeness (QED) is 0.607. The van der Waals surface area contributed by atoms with Gasteiger partial charge in [-0.05, 0) is 13.0 Å². The molecule has 2 rings (SSSR count). The summed E-state index contributed by atoms with van der Waals surface area (Å²) in [5, 5.41) is 13.1. The minimum atomic E-state index is -1.15. The zero-order valence-corrected chi connectivity index (χ0v) is 13.5. The van der Waals surface area contributed by atoms with E-state index in [1.54, 1.807) is 36.5 Å². The topological polar surface area (TPSA) is 80.5 Å². The summed E-state index contributed by atoms with van der Waals surface area (Å²) in [5.74, 6) is -1.15. The van der Waals surface area contributed by atoms with Crippen LogP contribution in [-0.2, 0) is 14.4 Å². The molecule has 1 heterocycles. The van der Waals surface area contributed by atoms with Gasteiger partial charge in [0, 0.05) is 23.7 Å². The minimum absolute atomic E-state index is 0. The number of oxime groups is 1. The molecule has 1 aromatic carbocycles. The van der Waals surface area contributed by atoms with Crippen molar-refractivity contribution in [1.29, 1.82) is 0 Å². The number of ether oxygens (including phenoxy) is 1. The molecule has 1 saturated heterocycles. The first kappa shape index (κ1) is 20.3. The second-order valence-electron chi connectivity index (χ2n) is 5.11. The number of carboxylic acid groups (broad SMARTS) is 1. The van der Waals surface area contributed by atoms with Crippen molar-refractivity contribution in [2.45, 2.75) is 26.9 Å². The lowest BCUT2D eigenvalue weighted by atomic mass is 10.0. The Hall–Kier alpha value is -2.73. The van der Waals surface area contributed by atoms with Crippen LogP contribution in [0.15, 0.2) is 59.3 Å². The van der Waals surface area contributed by atoms with Crippen molar-refractivity contribution in [2.75, 3.05) is 13.2 Å². The van der Waals surface area contributed by atoms with Crippen molar-refractivity contribution in [1.82, 2.24) is 0 Å². The number of carbonyl (C=O) groups is 1. The van der Waals surface area contributed by atoms with Gasteiger partial charge in [-0.3, -0.25) is 4.99 Å². The fourth-order valence-corrected chi connectivity index (χ4v) is 2.14. The molecule has 6 nitrogen and oxygen atoms in total. The van der Waals surface area contributed by atoms with E-state index in [-0.39, 0.29) is 19.2 Å². The third kappa shape index (κ3) is 5.69. The van der Waals surface area contributed by atoms with Crippen LogP contribution in [0.4, 0.5) is 0 Å². The van der Waals surface area contributed by atoms with E-state index in [4.69, 9.17) is 9.57 Å². The van der Waals surface area contributed by atoms with E-state index < -0.39 is 5.97 Å². The summed E-state index contributed by atoms with van der Waals surface area (Å²) < 4.78 is 5.17. The highest BCUT2D eigenvalue weighted by atomic mass is 16.7. The highest BCUT2D eigenvalue weighted by molar-refractivity contribution is 6.42. The number of aliphatic imine (C=N–C) groups is 1. The van der Waals surface area contributed by atoms with Gasteiger partial charge in [0.2, 0.25) is 0 Å². The van der Waals surface area contributed by atoms with E-state index in [2.05, 4.69) is 16.7 Å². The van der Waals surface area contributed by atoms with Crippen LogP contribution in [0.3, 0.4) is 0 Å². The number of aliphatic carboxylic acids is 1. The maximum absolute atomic E-state index is 11.4. The molecule has 0 aliphatic carbocycles. The van der Waals surface area contributed by atoms with Crippen LogP contribution in [0, 0.1) is 0 Å². The smallest absolute Gasteiger partial charge is 0.358 e. The van der Waals surface area contributed by atoms with Gasteiger partial charge in [-0.1, -0.05) is 49.5 Å². The summed E-state index contributed by atoms with van der Waals surface area (Å²) in [6, 6.07) is 6.89. The number of allylic oxidation sites excluding steroid dienone is 2. The predicted octanol–water partition coefficient (Wildman–Crippen LogP) is 3.43. The molecule has 1 fully saturated rings. The Balaban J connectivity index is 0.00000312. The average molecular weight is 344 g/mol. The zero-order chi connectivity index (χ0) is 17.4. The highest BCUT2D eigenvalue weighted by Crippen LogP contribution is 2.12. The van der Waals surface area contributed by atoms with Crippen molar-refractivity contribution in [2.24, 2.45) is 10.1 Å². The Morgan fingerprint density at radius 2 is 2.04 bits per heavy atom. The van der Waals surface area contributed by atoms with E-state index in [0.717, 1.165) is 5.56 Å². The van der Waals surface area contributed by atoms with E-state index in [1.807, 2.05) is 13.0 Å². The van der Waals surface area contributed by atoms with Crippen LogP contribution in [0.1, 0.15) is 31.9 Å². The first-order valence-corrected chi connectivity index (χ1v) is 7.62. The molecule has 1 atom stereocenters.